The molecule has 0 aromatic carbocycles. The molecule has 3 nitrogen and oxygen atoms in total. The van der Waals surface area contributed by atoms with Crippen molar-refractivity contribution in [1.29, 1.82) is 0 Å². The SMILES string of the molecule is COCC1CC=C(OCO)CC1. The van der Waals surface area contributed by atoms with Crippen LogP contribution in [0.3, 0.4) is 0 Å². The van der Waals surface area contributed by atoms with E-state index in [0.717, 1.165) is 31.6 Å². The lowest BCUT2D eigenvalue weighted by Gasteiger charge is -2.20. The molecule has 0 aromatic rings. The first-order valence-electron chi connectivity index (χ1n) is 4.28. The van der Waals surface area contributed by atoms with Crippen LogP contribution in [0.15, 0.2) is 11.8 Å². The fourth-order valence-electron chi connectivity index (χ4n) is 1.47. The molecule has 0 radical (unpaired) electrons. The topological polar surface area (TPSA) is 38.7 Å². The Balaban J connectivity index is 2.26. The number of ether oxygens (including phenoxy) is 2. The molecule has 0 fully saturated rings. The summed E-state index contributed by atoms with van der Waals surface area (Å²) in [6.07, 6.45) is 5.07. The summed E-state index contributed by atoms with van der Waals surface area (Å²) >= 11 is 0. The van der Waals surface area contributed by atoms with E-state index in [1.807, 2.05) is 6.08 Å². The molecule has 0 spiro atoms. The quantitative estimate of drug-likeness (QED) is 0.649. The number of allylic oxidation sites excluding steroid dienone is 2. The van der Waals surface area contributed by atoms with E-state index in [2.05, 4.69) is 0 Å². The summed E-state index contributed by atoms with van der Waals surface area (Å²) in [6, 6.07) is 0. The van der Waals surface area contributed by atoms with Crippen LogP contribution < -0.4 is 0 Å². The average molecular weight is 172 g/mol. The molecule has 0 saturated carbocycles. The number of aliphatic hydroxyl groups excluding tert-OH is 1. The lowest BCUT2D eigenvalue weighted by Crippen LogP contribution is -2.12. The van der Waals surface area contributed by atoms with Crippen LogP contribution in [0, 0.1) is 5.92 Å². The molecular weight excluding hydrogens is 156 g/mol. The van der Waals surface area contributed by atoms with Crippen LogP contribution in [0.5, 0.6) is 0 Å². The highest BCUT2D eigenvalue weighted by Gasteiger charge is 2.14. The van der Waals surface area contributed by atoms with Crippen LogP contribution in [0.2, 0.25) is 0 Å². The maximum atomic E-state index is 8.50. The fourth-order valence-corrected chi connectivity index (χ4v) is 1.47. The lowest BCUT2D eigenvalue weighted by atomic mass is 9.94. The average Bonchev–Trinajstić information content (AvgIpc) is 2.09. The summed E-state index contributed by atoms with van der Waals surface area (Å²) in [5.41, 5.74) is 0. The lowest BCUT2D eigenvalue weighted by molar-refractivity contribution is 0.0322. The van der Waals surface area contributed by atoms with E-state index in [1.165, 1.54) is 0 Å². The Morgan fingerprint density at radius 2 is 2.50 bits per heavy atom. The third-order valence-corrected chi connectivity index (χ3v) is 2.13. The summed E-state index contributed by atoms with van der Waals surface area (Å²) in [6.45, 7) is 0.615. The van der Waals surface area contributed by atoms with E-state index < -0.39 is 0 Å². The van der Waals surface area contributed by atoms with Crippen LogP contribution >= 0.6 is 0 Å². The Morgan fingerprint density at radius 1 is 1.67 bits per heavy atom. The number of hydrogen-bond acceptors (Lipinski definition) is 3. The monoisotopic (exact) mass is 172 g/mol. The first kappa shape index (κ1) is 9.55. The van der Waals surface area contributed by atoms with Crippen molar-refractivity contribution in [1.82, 2.24) is 0 Å². The van der Waals surface area contributed by atoms with Gasteiger partial charge in [-0.3, -0.25) is 0 Å². The molecule has 3 heteroatoms. The van der Waals surface area contributed by atoms with Gasteiger partial charge in [-0.15, -0.1) is 0 Å². The smallest absolute Gasteiger partial charge is 0.185 e. The predicted molar refractivity (Wildman–Crippen MR) is 45.5 cm³/mol. The summed E-state index contributed by atoms with van der Waals surface area (Å²) in [7, 11) is 1.73. The molecule has 1 rings (SSSR count). The van der Waals surface area contributed by atoms with E-state index in [-0.39, 0.29) is 6.79 Å². The third kappa shape index (κ3) is 2.83. The van der Waals surface area contributed by atoms with E-state index >= 15 is 0 Å². The van der Waals surface area contributed by atoms with Crippen molar-refractivity contribution in [3.8, 4) is 0 Å². The standard InChI is InChI=1S/C9H16O3/c1-11-6-8-2-4-9(5-3-8)12-7-10/h4,8,10H,2-3,5-7H2,1H3. The summed E-state index contributed by atoms with van der Waals surface area (Å²) in [5, 5.41) is 8.50. The number of methoxy groups -OCH3 is 1. The van der Waals surface area contributed by atoms with Gasteiger partial charge in [-0.05, 0) is 24.8 Å². The van der Waals surface area contributed by atoms with Gasteiger partial charge in [-0.25, -0.2) is 0 Å². The number of aliphatic hydroxyl groups is 1. The van der Waals surface area contributed by atoms with Crippen molar-refractivity contribution < 1.29 is 14.6 Å². The zero-order chi connectivity index (χ0) is 8.81. The Hall–Kier alpha value is -0.540. The normalized spacial score (nSPS) is 23.5. The molecule has 0 bridgehead atoms. The largest absolute Gasteiger partial charge is 0.472 e. The highest BCUT2D eigenvalue weighted by molar-refractivity contribution is 4.98. The van der Waals surface area contributed by atoms with Crippen molar-refractivity contribution in [2.24, 2.45) is 5.92 Å². The van der Waals surface area contributed by atoms with E-state index in [0.29, 0.717) is 5.92 Å². The molecule has 0 amide bonds. The minimum absolute atomic E-state index is 0.208. The Kier molecular flexibility index (Phi) is 4.11. The maximum absolute atomic E-state index is 8.50. The van der Waals surface area contributed by atoms with Crippen LogP contribution in [-0.4, -0.2) is 25.6 Å². The fraction of sp³-hybridized carbons (Fsp3) is 0.778. The second-order valence-electron chi connectivity index (χ2n) is 3.04. The van der Waals surface area contributed by atoms with Crippen molar-refractivity contribution >= 4 is 0 Å². The predicted octanol–water partition coefficient (Wildman–Crippen LogP) is 1.28. The molecule has 0 aromatic heterocycles. The summed E-state index contributed by atoms with van der Waals surface area (Å²) in [4.78, 5) is 0. The Morgan fingerprint density at radius 3 is 3.00 bits per heavy atom. The first-order valence-corrected chi connectivity index (χ1v) is 4.28. The van der Waals surface area contributed by atoms with Crippen molar-refractivity contribution in [2.75, 3.05) is 20.5 Å². The third-order valence-electron chi connectivity index (χ3n) is 2.13. The van der Waals surface area contributed by atoms with Gasteiger partial charge in [-0.2, -0.15) is 0 Å². The molecule has 0 saturated heterocycles. The first-order chi connectivity index (χ1) is 5.86. The zero-order valence-corrected chi connectivity index (χ0v) is 7.45. The van der Waals surface area contributed by atoms with Crippen molar-refractivity contribution in [3.63, 3.8) is 0 Å². The molecular formula is C9H16O3. The molecule has 12 heavy (non-hydrogen) atoms. The Labute approximate surface area is 73.0 Å². The van der Waals surface area contributed by atoms with Crippen LogP contribution in [0.1, 0.15) is 19.3 Å². The molecule has 1 N–H and O–H groups in total. The van der Waals surface area contributed by atoms with Crippen LogP contribution in [0.4, 0.5) is 0 Å². The molecule has 1 aliphatic rings. The highest BCUT2D eigenvalue weighted by Crippen LogP contribution is 2.23. The molecule has 1 aliphatic carbocycles. The number of hydrogen-bond donors (Lipinski definition) is 1. The van der Waals surface area contributed by atoms with Gasteiger partial charge in [0.1, 0.15) is 0 Å². The van der Waals surface area contributed by atoms with Gasteiger partial charge in [0.05, 0.1) is 5.76 Å². The highest BCUT2D eigenvalue weighted by atomic mass is 16.6. The second kappa shape index (κ2) is 5.17. The van der Waals surface area contributed by atoms with E-state index in [4.69, 9.17) is 14.6 Å². The molecule has 70 valence electrons. The second-order valence-corrected chi connectivity index (χ2v) is 3.04. The van der Waals surface area contributed by atoms with Crippen LogP contribution in [-0.2, 0) is 9.47 Å². The summed E-state index contributed by atoms with van der Waals surface area (Å²) < 4.78 is 10.0. The Bertz CT molecular complexity index is 154. The van der Waals surface area contributed by atoms with Gasteiger partial charge in [0.2, 0.25) is 0 Å². The maximum Gasteiger partial charge on any atom is 0.185 e. The molecule has 1 unspecified atom stereocenters. The van der Waals surface area contributed by atoms with Crippen LogP contribution in [0.25, 0.3) is 0 Å². The zero-order valence-electron chi connectivity index (χ0n) is 7.45. The summed E-state index contributed by atoms with van der Waals surface area (Å²) in [5.74, 6) is 1.55. The van der Waals surface area contributed by atoms with Gasteiger partial charge in [-0.1, -0.05) is 0 Å². The minimum atomic E-state index is -0.208. The van der Waals surface area contributed by atoms with Gasteiger partial charge >= 0.3 is 0 Å². The van der Waals surface area contributed by atoms with Gasteiger partial charge in [0.25, 0.3) is 0 Å². The van der Waals surface area contributed by atoms with Gasteiger partial charge < -0.3 is 14.6 Å². The minimum Gasteiger partial charge on any atom is -0.472 e. The van der Waals surface area contributed by atoms with Crippen molar-refractivity contribution in [3.05, 3.63) is 11.8 Å². The molecule has 0 heterocycles. The van der Waals surface area contributed by atoms with E-state index in [1.54, 1.807) is 7.11 Å². The van der Waals surface area contributed by atoms with Gasteiger partial charge in [0, 0.05) is 20.1 Å². The molecule has 0 aliphatic heterocycles. The van der Waals surface area contributed by atoms with Crippen molar-refractivity contribution in [2.45, 2.75) is 19.3 Å². The van der Waals surface area contributed by atoms with Gasteiger partial charge in [0.15, 0.2) is 6.79 Å². The molecule has 1 atom stereocenters. The van der Waals surface area contributed by atoms with E-state index in [9.17, 15) is 0 Å². The number of rotatable bonds is 4.